The van der Waals surface area contributed by atoms with Crippen molar-refractivity contribution in [1.29, 1.82) is 0 Å². The molecule has 0 fully saturated rings. The van der Waals surface area contributed by atoms with Gasteiger partial charge in [0.2, 0.25) is 0 Å². The van der Waals surface area contributed by atoms with Crippen LogP contribution in [0.1, 0.15) is 27.6 Å². The smallest absolute Gasteiger partial charge is 0.311 e. The van der Waals surface area contributed by atoms with Crippen molar-refractivity contribution in [2.45, 2.75) is 12.7 Å². The molecule has 1 heterocycles. The fraction of sp³-hybridized carbons (Fsp3) is 0.333. The van der Waals surface area contributed by atoms with E-state index in [1.807, 2.05) is 0 Å². The molecule has 0 bridgehead atoms. The second-order valence-corrected chi connectivity index (χ2v) is 6.62. The summed E-state index contributed by atoms with van der Waals surface area (Å²) in [6.07, 6.45) is 0. The van der Waals surface area contributed by atoms with Gasteiger partial charge in [-0.3, -0.25) is 19.1 Å². The van der Waals surface area contributed by atoms with Gasteiger partial charge in [0.25, 0.3) is 11.8 Å². The van der Waals surface area contributed by atoms with Gasteiger partial charge in [0, 0.05) is 14.2 Å². The summed E-state index contributed by atoms with van der Waals surface area (Å²) < 4.78 is 22.0. The molecule has 6 nitrogen and oxygen atoms in total. The summed E-state index contributed by atoms with van der Waals surface area (Å²) in [5, 5.41) is 0. The zero-order chi connectivity index (χ0) is 14.2. The molecule has 0 radical (unpaired) electrons. The quantitative estimate of drug-likeness (QED) is 0.625. The lowest BCUT2D eigenvalue weighted by Crippen LogP contribution is -2.38. The molecule has 0 aromatic heterocycles. The number of hydrogen-bond donors (Lipinski definition) is 0. The van der Waals surface area contributed by atoms with E-state index in [1.54, 1.807) is 24.3 Å². The van der Waals surface area contributed by atoms with Crippen LogP contribution in [0.15, 0.2) is 24.3 Å². The third kappa shape index (κ3) is 2.02. The predicted octanol–water partition coefficient (Wildman–Crippen LogP) is 2.11. The minimum Gasteiger partial charge on any atom is -0.311 e. The largest absolute Gasteiger partial charge is 0.352 e. The highest BCUT2D eigenvalue weighted by atomic mass is 31.2. The van der Waals surface area contributed by atoms with E-state index in [0.29, 0.717) is 11.1 Å². The summed E-state index contributed by atoms with van der Waals surface area (Å²) in [6.45, 7) is 1.47. The predicted molar refractivity (Wildman–Crippen MR) is 68.0 cm³/mol. The molecule has 1 aromatic rings. The Labute approximate surface area is 110 Å². The molecule has 102 valence electrons. The number of amides is 2. The Bertz CT molecular complexity index is 542. The van der Waals surface area contributed by atoms with Crippen molar-refractivity contribution < 1.29 is 23.2 Å². The average Bonchev–Trinajstić information content (AvgIpc) is 2.70. The SMILES string of the molecule is COP(=O)(OC)C(C)N1C(=O)c2ccccc2C1=O. The fourth-order valence-corrected chi connectivity index (χ4v) is 3.32. The monoisotopic (exact) mass is 283 g/mol. The van der Waals surface area contributed by atoms with Crippen LogP contribution in [0.2, 0.25) is 0 Å². The van der Waals surface area contributed by atoms with Crippen LogP contribution in [0.25, 0.3) is 0 Å². The summed E-state index contributed by atoms with van der Waals surface area (Å²) in [7, 11) is -1.10. The van der Waals surface area contributed by atoms with Crippen LogP contribution in [0.3, 0.4) is 0 Å². The van der Waals surface area contributed by atoms with Crippen molar-refractivity contribution in [1.82, 2.24) is 4.90 Å². The summed E-state index contributed by atoms with van der Waals surface area (Å²) in [5.41, 5.74) is 0.608. The summed E-state index contributed by atoms with van der Waals surface area (Å²) in [6, 6.07) is 6.47. The third-order valence-electron chi connectivity index (χ3n) is 3.17. The number of imide groups is 1. The lowest BCUT2D eigenvalue weighted by Gasteiger charge is -2.27. The highest BCUT2D eigenvalue weighted by Gasteiger charge is 2.46. The maximum atomic E-state index is 12.3. The second-order valence-electron chi connectivity index (χ2n) is 4.06. The molecule has 1 atom stereocenters. The lowest BCUT2D eigenvalue weighted by atomic mass is 10.1. The Morgan fingerprint density at radius 3 is 1.84 bits per heavy atom. The summed E-state index contributed by atoms with van der Waals surface area (Å²) in [4.78, 5) is 25.3. The molecule has 0 saturated heterocycles. The van der Waals surface area contributed by atoms with E-state index in [4.69, 9.17) is 9.05 Å². The van der Waals surface area contributed by atoms with Crippen LogP contribution < -0.4 is 0 Å². The molecular formula is C12H14NO5P. The van der Waals surface area contributed by atoms with Gasteiger partial charge in [0.05, 0.1) is 11.1 Å². The van der Waals surface area contributed by atoms with Gasteiger partial charge in [-0.25, -0.2) is 0 Å². The molecule has 2 rings (SSSR count). The Kier molecular flexibility index (Phi) is 3.58. The van der Waals surface area contributed by atoms with E-state index in [2.05, 4.69) is 0 Å². The minimum absolute atomic E-state index is 0.304. The third-order valence-corrected chi connectivity index (χ3v) is 5.33. The molecule has 2 amide bonds. The van der Waals surface area contributed by atoms with Crippen LogP contribution in [-0.4, -0.2) is 36.7 Å². The molecule has 7 heteroatoms. The average molecular weight is 283 g/mol. The van der Waals surface area contributed by atoms with Crippen molar-refractivity contribution in [2.75, 3.05) is 14.2 Å². The lowest BCUT2D eigenvalue weighted by molar-refractivity contribution is 0.0618. The van der Waals surface area contributed by atoms with Crippen molar-refractivity contribution in [3.05, 3.63) is 35.4 Å². The Morgan fingerprint density at radius 2 is 1.47 bits per heavy atom. The number of carbonyl (C=O) groups is 2. The first-order valence-corrected chi connectivity index (χ1v) is 7.25. The van der Waals surface area contributed by atoms with Gasteiger partial charge in [0.15, 0.2) is 0 Å². The summed E-state index contributed by atoms with van der Waals surface area (Å²) in [5.74, 6) is -1.94. The van der Waals surface area contributed by atoms with Crippen LogP contribution in [0, 0.1) is 0 Å². The van der Waals surface area contributed by atoms with E-state index in [0.717, 1.165) is 4.90 Å². The first kappa shape index (κ1) is 13.9. The number of rotatable bonds is 4. The van der Waals surface area contributed by atoms with Crippen molar-refractivity contribution in [3.63, 3.8) is 0 Å². The minimum atomic E-state index is -3.54. The van der Waals surface area contributed by atoms with Gasteiger partial charge in [-0.05, 0) is 19.1 Å². The molecule has 1 aliphatic rings. The molecule has 19 heavy (non-hydrogen) atoms. The molecule has 1 aliphatic heterocycles. The van der Waals surface area contributed by atoms with E-state index >= 15 is 0 Å². The molecule has 0 saturated carbocycles. The Hall–Kier alpha value is -1.49. The Balaban J connectivity index is 2.42. The first-order valence-electron chi connectivity index (χ1n) is 5.64. The van der Waals surface area contributed by atoms with Gasteiger partial charge in [-0.2, -0.15) is 0 Å². The molecule has 0 spiro atoms. The van der Waals surface area contributed by atoms with Crippen molar-refractivity contribution in [2.24, 2.45) is 0 Å². The highest BCUT2D eigenvalue weighted by molar-refractivity contribution is 7.54. The normalized spacial score (nSPS) is 16.7. The summed E-state index contributed by atoms with van der Waals surface area (Å²) >= 11 is 0. The van der Waals surface area contributed by atoms with E-state index in [-0.39, 0.29) is 0 Å². The maximum Gasteiger partial charge on any atom is 0.352 e. The topological polar surface area (TPSA) is 72.9 Å². The van der Waals surface area contributed by atoms with Gasteiger partial charge < -0.3 is 9.05 Å². The van der Waals surface area contributed by atoms with Crippen LogP contribution in [-0.2, 0) is 13.6 Å². The molecule has 1 unspecified atom stereocenters. The Morgan fingerprint density at radius 1 is 1.05 bits per heavy atom. The van der Waals surface area contributed by atoms with E-state index in [1.165, 1.54) is 21.1 Å². The van der Waals surface area contributed by atoms with Crippen LogP contribution in [0.4, 0.5) is 0 Å². The van der Waals surface area contributed by atoms with Crippen molar-refractivity contribution in [3.8, 4) is 0 Å². The van der Waals surface area contributed by atoms with Crippen molar-refractivity contribution >= 4 is 19.4 Å². The van der Waals surface area contributed by atoms with E-state index in [9.17, 15) is 14.2 Å². The van der Waals surface area contributed by atoms with Crippen LogP contribution in [0.5, 0.6) is 0 Å². The number of benzene rings is 1. The van der Waals surface area contributed by atoms with Crippen LogP contribution >= 0.6 is 7.60 Å². The van der Waals surface area contributed by atoms with E-state index < -0.39 is 25.2 Å². The number of hydrogen-bond acceptors (Lipinski definition) is 5. The zero-order valence-electron chi connectivity index (χ0n) is 10.8. The maximum absolute atomic E-state index is 12.3. The number of carbonyl (C=O) groups excluding carboxylic acids is 2. The first-order chi connectivity index (χ1) is 8.96. The van der Waals surface area contributed by atoms with Gasteiger partial charge in [0.1, 0.15) is 5.78 Å². The molecule has 0 aliphatic carbocycles. The zero-order valence-corrected chi connectivity index (χ0v) is 11.7. The second kappa shape index (κ2) is 4.89. The molecular weight excluding hydrogens is 269 g/mol. The standard InChI is InChI=1S/C12H14NO5P/c1-8(19(16,17-2)18-3)13-11(14)9-6-4-5-7-10(9)12(13)15/h4-8H,1-3H3. The van der Waals surface area contributed by atoms with Gasteiger partial charge in [-0.1, -0.05) is 12.1 Å². The fourth-order valence-electron chi connectivity index (χ4n) is 2.07. The number of fused-ring (bicyclic) bond motifs is 1. The van der Waals surface area contributed by atoms with Gasteiger partial charge in [-0.15, -0.1) is 0 Å². The van der Waals surface area contributed by atoms with Gasteiger partial charge >= 0.3 is 7.60 Å². The highest BCUT2D eigenvalue weighted by Crippen LogP contribution is 2.53. The number of nitrogens with zero attached hydrogens (tertiary/aromatic N) is 1. The molecule has 1 aromatic carbocycles. The molecule has 0 N–H and O–H groups in total.